The number of carbonyl (C=O) groups is 1. The van der Waals surface area contributed by atoms with Gasteiger partial charge < -0.3 is 14.1 Å². The molecule has 0 radical (unpaired) electrons. The Morgan fingerprint density at radius 2 is 1.85 bits per heavy atom. The summed E-state index contributed by atoms with van der Waals surface area (Å²) in [4.78, 5) is 18.1. The second-order valence-electron chi connectivity index (χ2n) is 6.76. The van der Waals surface area contributed by atoms with Crippen LogP contribution in [0.5, 0.6) is 0 Å². The lowest BCUT2D eigenvalue weighted by Gasteiger charge is -2.45. The predicted molar refractivity (Wildman–Crippen MR) is 107 cm³/mol. The van der Waals surface area contributed by atoms with E-state index < -0.39 is 5.54 Å². The van der Waals surface area contributed by atoms with Gasteiger partial charge in [-0.15, -0.1) is 11.8 Å². The number of benzene rings is 2. The van der Waals surface area contributed by atoms with Crippen LogP contribution in [0.15, 0.2) is 78.0 Å². The largest absolute Gasteiger partial charge is 0.372 e. The van der Waals surface area contributed by atoms with Crippen LogP contribution in [0.1, 0.15) is 23.9 Å². The van der Waals surface area contributed by atoms with Crippen LogP contribution >= 0.6 is 11.8 Å². The third-order valence-electron chi connectivity index (χ3n) is 5.18. The van der Waals surface area contributed by atoms with Crippen molar-refractivity contribution < 1.29 is 9.53 Å². The Bertz CT molecular complexity index is 897. The molecule has 1 aliphatic rings. The van der Waals surface area contributed by atoms with E-state index in [0.29, 0.717) is 13.0 Å². The summed E-state index contributed by atoms with van der Waals surface area (Å²) in [5.74, 6) is 0.842. The van der Waals surface area contributed by atoms with E-state index in [9.17, 15) is 4.79 Å². The number of aryl methyl sites for hydroxylation is 1. The Morgan fingerprint density at radius 1 is 1.15 bits per heavy atom. The number of aldehydes is 1. The number of thioether (sulfide) groups is 1. The van der Waals surface area contributed by atoms with Crippen molar-refractivity contribution >= 4 is 18.0 Å². The molecule has 1 saturated heterocycles. The fourth-order valence-corrected chi connectivity index (χ4v) is 5.28. The molecule has 4 rings (SSSR count). The third-order valence-corrected chi connectivity index (χ3v) is 6.63. The fourth-order valence-electron chi connectivity index (χ4n) is 3.82. The lowest BCUT2D eigenvalue weighted by atomic mass is 9.84. The number of ether oxygens (including phenoxy) is 1. The first-order valence-electron chi connectivity index (χ1n) is 9.09. The van der Waals surface area contributed by atoms with E-state index >= 15 is 0 Å². The van der Waals surface area contributed by atoms with Crippen molar-refractivity contribution in [1.82, 2.24) is 9.55 Å². The van der Waals surface area contributed by atoms with E-state index in [0.717, 1.165) is 22.6 Å². The van der Waals surface area contributed by atoms with Gasteiger partial charge >= 0.3 is 0 Å². The van der Waals surface area contributed by atoms with Crippen molar-refractivity contribution in [1.29, 1.82) is 0 Å². The van der Waals surface area contributed by atoms with Gasteiger partial charge in [-0.2, -0.15) is 0 Å². The van der Waals surface area contributed by atoms with E-state index in [1.807, 2.05) is 54.1 Å². The maximum atomic E-state index is 12.6. The van der Waals surface area contributed by atoms with Crippen LogP contribution in [0.3, 0.4) is 0 Å². The molecule has 1 fully saturated rings. The van der Waals surface area contributed by atoms with Crippen molar-refractivity contribution in [3.8, 4) is 0 Å². The van der Waals surface area contributed by atoms with E-state index in [4.69, 9.17) is 4.74 Å². The molecule has 5 heteroatoms. The Balaban J connectivity index is 1.83. The second-order valence-corrected chi connectivity index (χ2v) is 7.97. The maximum Gasteiger partial charge on any atom is 0.147 e. The number of hydrogen-bond acceptors (Lipinski definition) is 4. The normalized spacial score (nSPS) is 25.2. The Kier molecular flexibility index (Phi) is 5.14. The van der Waals surface area contributed by atoms with E-state index in [2.05, 4.69) is 29.2 Å². The summed E-state index contributed by atoms with van der Waals surface area (Å²) in [7, 11) is 0. The Hall–Kier alpha value is -2.37. The highest BCUT2D eigenvalue weighted by atomic mass is 32.2. The summed E-state index contributed by atoms with van der Waals surface area (Å²) >= 11 is 1.70. The van der Waals surface area contributed by atoms with Gasteiger partial charge in [-0.3, -0.25) is 0 Å². The molecule has 0 N–H and O–H groups in total. The van der Waals surface area contributed by atoms with Crippen LogP contribution in [0.25, 0.3) is 0 Å². The highest BCUT2D eigenvalue weighted by Gasteiger charge is 2.49. The quantitative estimate of drug-likeness (QED) is 0.617. The predicted octanol–water partition coefficient (Wildman–Crippen LogP) is 4.41. The van der Waals surface area contributed by atoms with Crippen molar-refractivity contribution in [2.75, 3.05) is 6.61 Å². The summed E-state index contributed by atoms with van der Waals surface area (Å²) < 4.78 is 8.26. The zero-order valence-corrected chi connectivity index (χ0v) is 16.0. The summed E-state index contributed by atoms with van der Waals surface area (Å²) in [5.41, 5.74) is 0.384. The van der Waals surface area contributed by atoms with Gasteiger partial charge in [0.15, 0.2) is 0 Å². The van der Waals surface area contributed by atoms with Crippen LogP contribution < -0.4 is 0 Å². The van der Waals surface area contributed by atoms with Crippen LogP contribution in [-0.4, -0.2) is 27.7 Å². The molecule has 3 atom stereocenters. The van der Waals surface area contributed by atoms with Gasteiger partial charge in [0.25, 0.3) is 0 Å². The number of aromatic nitrogens is 2. The summed E-state index contributed by atoms with van der Waals surface area (Å²) in [5, 5.41) is -0.110. The molecule has 3 aromatic rings. The molecule has 0 spiro atoms. The number of nitrogens with zero attached hydrogens (tertiary/aromatic N) is 2. The highest BCUT2D eigenvalue weighted by Crippen LogP contribution is 2.48. The minimum absolute atomic E-state index is 0.110. The van der Waals surface area contributed by atoms with Gasteiger partial charge in [-0.1, -0.05) is 48.5 Å². The van der Waals surface area contributed by atoms with Crippen LogP contribution in [0.4, 0.5) is 0 Å². The monoisotopic (exact) mass is 378 g/mol. The lowest BCUT2D eigenvalue weighted by Crippen LogP contribution is -2.52. The highest BCUT2D eigenvalue weighted by molar-refractivity contribution is 8.00. The van der Waals surface area contributed by atoms with Gasteiger partial charge in [-0.05, 0) is 24.6 Å². The van der Waals surface area contributed by atoms with Crippen LogP contribution in [0.2, 0.25) is 0 Å². The summed E-state index contributed by atoms with van der Waals surface area (Å²) in [6, 6.07) is 20.4. The Labute approximate surface area is 163 Å². The molecular weight excluding hydrogens is 356 g/mol. The number of carbonyl (C=O) groups excluding carboxylic acids is 1. The molecule has 27 heavy (non-hydrogen) atoms. The molecule has 3 unspecified atom stereocenters. The van der Waals surface area contributed by atoms with Crippen molar-refractivity contribution in [2.45, 2.75) is 35.1 Å². The van der Waals surface area contributed by atoms with Crippen molar-refractivity contribution in [3.63, 3.8) is 0 Å². The SMILES string of the molecule is Cc1nccn1C1(C=O)CCOC(c2ccccc2)C1Sc1ccccc1. The summed E-state index contributed by atoms with van der Waals surface area (Å²) in [6.45, 7) is 2.48. The average Bonchev–Trinajstić information content (AvgIpc) is 3.16. The molecule has 1 aromatic heterocycles. The Morgan fingerprint density at radius 3 is 2.48 bits per heavy atom. The smallest absolute Gasteiger partial charge is 0.147 e. The lowest BCUT2D eigenvalue weighted by molar-refractivity contribution is -0.123. The molecule has 1 aliphatic heterocycles. The van der Waals surface area contributed by atoms with E-state index in [1.165, 1.54) is 0 Å². The van der Waals surface area contributed by atoms with Crippen LogP contribution in [0, 0.1) is 6.92 Å². The summed E-state index contributed by atoms with van der Waals surface area (Å²) in [6.07, 6.45) is 5.22. The topological polar surface area (TPSA) is 44.1 Å². The minimum atomic E-state index is -0.708. The zero-order valence-electron chi connectivity index (χ0n) is 15.2. The number of rotatable bonds is 5. The van der Waals surface area contributed by atoms with Crippen molar-refractivity contribution in [3.05, 3.63) is 84.4 Å². The molecule has 0 amide bonds. The van der Waals surface area contributed by atoms with Gasteiger partial charge in [0, 0.05) is 23.7 Å². The third kappa shape index (κ3) is 3.33. The first-order valence-corrected chi connectivity index (χ1v) is 9.97. The maximum absolute atomic E-state index is 12.6. The molecule has 2 aromatic carbocycles. The van der Waals surface area contributed by atoms with Gasteiger partial charge in [0.2, 0.25) is 0 Å². The average molecular weight is 378 g/mol. The van der Waals surface area contributed by atoms with E-state index in [1.54, 1.807) is 18.0 Å². The molecule has 2 heterocycles. The zero-order chi connectivity index (χ0) is 18.7. The number of imidazole rings is 1. The standard InChI is InChI=1S/C22H22N2O2S/c1-17-23-13-14-24(17)22(16-25)12-15-26-20(18-8-4-2-5-9-18)21(22)27-19-10-6-3-7-11-19/h2-11,13-14,16,20-21H,12,15H2,1H3. The van der Waals surface area contributed by atoms with Crippen molar-refractivity contribution in [2.24, 2.45) is 0 Å². The fraction of sp³-hybridized carbons (Fsp3) is 0.273. The molecular formula is C22H22N2O2S. The minimum Gasteiger partial charge on any atom is -0.372 e. The first kappa shape index (κ1) is 18.0. The molecule has 0 aliphatic carbocycles. The van der Waals surface area contributed by atoms with Gasteiger partial charge in [-0.25, -0.2) is 4.98 Å². The van der Waals surface area contributed by atoms with Gasteiger partial charge in [0.1, 0.15) is 17.6 Å². The first-order chi connectivity index (χ1) is 13.2. The number of hydrogen-bond donors (Lipinski definition) is 0. The molecule has 0 bridgehead atoms. The second kappa shape index (κ2) is 7.71. The van der Waals surface area contributed by atoms with E-state index in [-0.39, 0.29) is 11.4 Å². The molecule has 0 saturated carbocycles. The van der Waals surface area contributed by atoms with Gasteiger partial charge in [0.05, 0.1) is 18.0 Å². The molecule has 4 nitrogen and oxygen atoms in total. The molecule has 138 valence electrons. The van der Waals surface area contributed by atoms with Crippen LogP contribution in [-0.2, 0) is 15.1 Å².